The van der Waals surface area contributed by atoms with Crippen molar-refractivity contribution >= 4 is 17.5 Å². The minimum atomic E-state index is -0.110. The maximum absolute atomic E-state index is 12.0. The molecule has 1 aliphatic heterocycles. The molecule has 1 aromatic carbocycles. The van der Waals surface area contributed by atoms with Crippen LogP contribution in [0.1, 0.15) is 29.6 Å². The molecule has 0 saturated carbocycles. The molecule has 2 amide bonds. The molecule has 0 unspecified atom stereocenters. The van der Waals surface area contributed by atoms with Crippen molar-refractivity contribution in [3.8, 4) is 0 Å². The Labute approximate surface area is 119 Å². The van der Waals surface area contributed by atoms with E-state index in [1.165, 1.54) is 6.42 Å². The normalized spacial score (nSPS) is 14.8. The smallest absolute Gasteiger partial charge is 0.251 e. The van der Waals surface area contributed by atoms with Gasteiger partial charge in [0.15, 0.2) is 0 Å². The first-order chi connectivity index (χ1) is 9.70. The lowest BCUT2D eigenvalue weighted by Gasteiger charge is -2.26. The molecule has 1 saturated heterocycles. The third kappa shape index (κ3) is 3.73. The van der Waals surface area contributed by atoms with E-state index in [1.807, 2.05) is 17.0 Å². The van der Waals surface area contributed by atoms with Gasteiger partial charge in [0.2, 0.25) is 5.91 Å². The Balaban J connectivity index is 1.84. The molecule has 5 nitrogen and oxygen atoms in total. The van der Waals surface area contributed by atoms with E-state index in [2.05, 4.69) is 10.6 Å². The van der Waals surface area contributed by atoms with Gasteiger partial charge in [-0.1, -0.05) is 0 Å². The summed E-state index contributed by atoms with van der Waals surface area (Å²) in [4.78, 5) is 25.3. The predicted octanol–water partition coefficient (Wildman–Crippen LogP) is 1.47. The number of anilines is 1. The SMILES string of the molecule is CNC(=O)c1ccc(NCC(=O)N2CCCCC2)cc1. The second-order valence-electron chi connectivity index (χ2n) is 4.95. The van der Waals surface area contributed by atoms with Crippen LogP contribution in [-0.2, 0) is 4.79 Å². The third-order valence-electron chi connectivity index (χ3n) is 3.53. The second kappa shape index (κ2) is 6.93. The number of carbonyl (C=O) groups is 2. The molecule has 1 aromatic rings. The molecule has 0 spiro atoms. The maximum atomic E-state index is 12.0. The zero-order valence-electron chi connectivity index (χ0n) is 11.8. The number of hydrogen-bond acceptors (Lipinski definition) is 3. The highest BCUT2D eigenvalue weighted by Gasteiger charge is 2.15. The van der Waals surface area contributed by atoms with Crippen LogP contribution in [0, 0.1) is 0 Å². The van der Waals surface area contributed by atoms with E-state index < -0.39 is 0 Å². The largest absolute Gasteiger partial charge is 0.376 e. The summed E-state index contributed by atoms with van der Waals surface area (Å²) in [6.07, 6.45) is 3.43. The molecule has 1 fully saturated rings. The van der Waals surface area contributed by atoms with Crippen LogP contribution >= 0.6 is 0 Å². The van der Waals surface area contributed by atoms with E-state index in [1.54, 1.807) is 19.2 Å². The molecule has 2 N–H and O–H groups in total. The molecule has 108 valence electrons. The number of likely N-dealkylation sites (tertiary alicyclic amines) is 1. The molecule has 0 aromatic heterocycles. The summed E-state index contributed by atoms with van der Waals surface area (Å²) in [7, 11) is 1.60. The zero-order chi connectivity index (χ0) is 14.4. The van der Waals surface area contributed by atoms with Crippen molar-refractivity contribution in [3.63, 3.8) is 0 Å². The molecule has 2 rings (SSSR count). The standard InChI is InChI=1S/C15H21N3O2/c1-16-15(20)12-5-7-13(8-6-12)17-11-14(19)18-9-3-2-4-10-18/h5-8,17H,2-4,9-11H2,1H3,(H,16,20). The third-order valence-corrected chi connectivity index (χ3v) is 3.53. The zero-order valence-corrected chi connectivity index (χ0v) is 11.8. The van der Waals surface area contributed by atoms with Gasteiger partial charge in [-0.2, -0.15) is 0 Å². The summed E-state index contributed by atoms with van der Waals surface area (Å²) in [6, 6.07) is 7.11. The Kier molecular flexibility index (Phi) is 4.98. The van der Waals surface area contributed by atoms with Crippen molar-refractivity contribution in [1.29, 1.82) is 0 Å². The fourth-order valence-electron chi connectivity index (χ4n) is 2.32. The number of benzene rings is 1. The quantitative estimate of drug-likeness (QED) is 0.874. The molecule has 1 heterocycles. The lowest BCUT2D eigenvalue weighted by atomic mass is 10.1. The van der Waals surface area contributed by atoms with Crippen molar-refractivity contribution in [3.05, 3.63) is 29.8 Å². The Morgan fingerprint density at radius 1 is 1.10 bits per heavy atom. The fourth-order valence-corrected chi connectivity index (χ4v) is 2.32. The summed E-state index contributed by atoms with van der Waals surface area (Å²) in [5.41, 5.74) is 1.46. The van der Waals surface area contributed by atoms with Crippen molar-refractivity contribution < 1.29 is 9.59 Å². The van der Waals surface area contributed by atoms with Crippen molar-refractivity contribution in [2.24, 2.45) is 0 Å². The first kappa shape index (κ1) is 14.4. The van der Waals surface area contributed by atoms with Crippen LogP contribution in [0.4, 0.5) is 5.69 Å². The summed E-state index contributed by atoms with van der Waals surface area (Å²) in [5, 5.41) is 5.68. The topological polar surface area (TPSA) is 61.4 Å². The number of nitrogens with zero attached hydrogens (tertiary/aromatic N) is 1. The molecular formula is C15H21N3O2. The Morgan fingerprint density at radius 3 is 2.35 bits per heavy atom. The lowest BCUT2D eigenvalue weighted by Crippen LogP contribution is -2.39. The van der Waals surface area contributed by atoms with E-state index in [4.69, 9.17) is 0 Å². The Morgan fingerprint density at radius 2 is 1.75 bits per heavy atom. The molecule has 20 heavy (non-hydrogen) atoms. The van der Waals surface area contributed by atoms with Gasteiger partial charge in [0.25, 0.3) is 5.91 Å². The molecule has 1 aliphatic rings. The van der Waals surface area contributed by atoms with Gasteiger partial charge in [0.05, 0.1) is 6.54 Å². The van der Waals surface area contributed by atoms with Crippen LogP contribution in [0.3, 0.4) is 0 Å². The van der Waals surface area contributed by atoms with Crippen LogP contribution in [0.2, 0.25) is 0 Å². The van der Waals surface area contributed by atoms with Crippen LogP contribution in [-0.4, -0.2) is 43.4 Å². The van der Waals surface area contributed by atoms with Gasteiger partial charge >= 0.3 is 0 Å². The highest BCUT2D eigenvalue weighted by molar-refractivity contribution is 5.94. The second-order valence-corrected chi connectivity index (χ2v) is 4.95. The predicted molar refractivity (Wildman–Crippen MR) is 78.8 cm³/mol. The average molecular weight is 275 g/mol. The van der Waals surface area contributed by atoms with E-state index in [9.17, 15) is 9.59 Å². The monoisotopic (exact) mass is 275 g/mol. The van der Waals surface area contributed by atoms with Crippen molar-refractivity contribution in [1.82, 2.24) is 10.2 Å². The van der Waals surface area contributed by atoms with Crippen LogP contribution in [0.25, 0.3) is 0 Å². The molecule has 5 heteroatoms. The minimum Gasteiger partial charge on any atom is -0.376 e. The van der Waals surface area contributed by atoms with Gasteiger partial charge in [-0.05, 0) is 43.5 Å². The van der Waals surface area contributed by atoms with Gasteiger partial charge in [0.1, 0.15) is 0 Å². The average Bonchev–Trinajstić information content (AvgIpc) is 2.53. The fraction of sp³-hybridized carbons (Fsp3) is 0.467. The van der Waals surface area contributed by atoms with Gasteiger partial charge in [-0.3, -0.25) is 9.59 Å². The van der Waals surface area contributed by atoms with E-state index in [0.717, 1.165) is 31.6 Å². The minimum absolute atomic E-state index is 0.110. The number of carbonyl (C=O) groups excluding carboxylic acids is 2. The lowest BCUT2D eigenvalue weighted by molar-refractivity contribution is -0.130. The van der Waals surface area contributed by atoms with Crippen molar-refractivity contribution in [2.45, 2.75) is 19.3 Å². The first-order valence-corrected chi connectivity index (χ1v) is 7.04. The Hall–Kier alpha value is -2.04. The number of rotatable bonds is 4. The van der Waals surface area contributed by atoms with Gasteiger partial charge in [-0.15, -0.1) is 0 Å². The summed E-state index contributed by atoms with van der Waals surface area (Å²) < 4.78 is 0. The molecule has 0 atom stereocenters. The summed E-state index contributed by atoms with van der Waals surface area (Å²) in [5.74, 6) is 0.0287. The number of nitrogens with one attached hydrogen (secondary N) is 2. The maximum Gasteiger partial charge on any atom is 0.251 e. The number of piperidine rings is 1. The van der Waals surface area contributed by atoms with Gasteiger partial charge < -0.3 is 15.5 Å². The number of amides is 2. The van der Waals surface area contributed by atoms with Gasteiger partial charge in [0, 0.05) is 31.4 Å². The number of hydrogen-bond donors (Lipinski definition) is 2. The van der Waals surface area contributed by atoms with Crippen molar-refractivity contribution in [2.75, 3.05) is 32.0 Å². The van der Waals surface area contributed by atoms with E-state index >= 15 is 0 Å². The van der Waals surface area contributed by atoms with Gasteiger partial charge in [-0.25, -0.2) is 0 Å². The first-order valence-electron chi connectivity index (χ1n) is 7.04. The van der Waals surface area contributed by atoms with Crippen LogP contribution < -0.4 is 10.6 Å². The van der Waals surface area contributed by atoms with Crippen LogP contribution in [0.15, 0.2) is 24.3 Å². The van der Waals surface area contributed by atoms with Crippen LogP contribution in [0.5, 0.6) is 0 Å². The Bertz CT molecular complexity index is 465. The molecular weight excluding hydrogens is 254 g/mol. The van der Waals surface area contributed by atoms with E-state index in [-0.39, 0.29) is 11.8 Å². The molecule has 0 aliphatic carbocycles. The molecule has 0 bridgehead atoms. The highest BCUT2D eigenvalue weighted by Crippen LogP contribution is 2.11. The highest BCUT2D eigenvalue weighted by atomic mass is 16.2. The molecule has 0 radical (unpaired) electrons. The van der Waals surface area contributed by atoms with E-state index in [0.29, 0.717) is 12.1 Å². The summed E-state index contributed by atoms with van der Waals surface area (Å²) >= 11 is 0. The summed E-state index contributed by atoms with van der Waals surface area (Å²) in [6.45, 7) is 2.05.